The highest BCUT2D eigenvalue weighted by Gasteiger charge is 2.06. The van der Waals surface area contributed by atoms with Crippen LogP contribution in [0.1, 0.15) is 18.2 Å². The molecular formula is C10H14N2O2S. The highest BCUT2D eigenvalue weighted by atomic mass is 32.2. The molecule has 0 saturated carbocycles. The zero-order valence-corrected chi connectivity index (χ0v) is 9.87. The summed E-state index contributed by atoms with van der Waals surface area (Å²) in [5.74, 6) is 0.591. The second-order valence-corrected chi connectivity index (χ2v) is 4.61. The third-order valence-electron chi connectivity index (χ3n) is 1.88. The number of hydrogen-bond acceptors (Lipinski definition) is 4. The fourth-order valence-electron chi connectivity index (χ4n) is 1.10. The van der Waals surface area contributed by atoms with Crippen molar-refractivity contribution in [3.63, 3.8) is 0 Å². The van der Waals surface area contributed by atoms with E-state index in [1.54, 1.807) is 12.4 Å². The second kappa shape index (κ2) is 5.60. The van der Waals surface area contributed by atoms with Crippen LogP contribution in [0.3, 0.4) is 0 Å². The molecule has 0 aliphatic rings. The maximum absolute atomic E-state index is 11.7. The van der Waals surface area contributed by atoms with Crippen molar-refractivity contribution in [2.75, 3.05) is 12.9 Å². The molecule has 1 rings (SSSR count). The van der Waals surface area contributed by atoms with Gasteiger partial charge in [0.2, 0.25) is 0 Å². The third kappa shape index (κ3) is 3.13. The van der Waals surface area contributed by atoms with Crippen LogP contribution in [0.15, 0.2) is 22.3 Å². The Kier molecular flexibility index (Phi) is 4.42. The summed E-state index contributed by atoms with van der Waals surface area (Å²) in [6.07, 6.45) is 3.22. The first-order valence-electron chi connectivity index (χ1n) is 4.60. The minimum Gasteiger partial charge on any atom is -0.399 e. The molecule has 0 saturated heterocycles. The highest BCUT2D eigenvalue weighted by molar-refractivity contribution is 7.85. The number of aromatic nitrogens is 1. The van der Waals surface area contributed by atoms with Crippen LogP contribution in [0.2, 0.25) is 0 Å². The van der Waals surface area contributed by atoms with Gasteiger partial charge in [0.1, 0.15) is 7.11 Å². The molecule has 1 aromatic heterocycles. The van der Waals surface area contributed by atoms with Gasteiger partial charge in [-0.15, -0.1) is 0 Å². The minimum atomic E-state index is -0.983. The standard InChI is InChI=1S/C10H14N2O2S/c1-4-15(13)10-5-9(7-12-14-3)6-11-8(10)2/h5-7H,4H2,1-3H3/b12-7+. The predicted molar refractivity (Wildman–Crippen MR) is 60.5 cm³/mol. The second-order valence-electron chi connectivity index (χ2n) is 2.90. The molecule has 1 unspecified atom stereocenters. The fourth-order valence-corrected chi connectivity index (χ4v) is 2.06. The van der Waals surface area contributed by atoms with Gasteiger partial charge in [-0.25, -0.2) is 0 Å². The van der Waals surface area contributed by atoms with Gasteiger partial charge in [0.05, 0.1) is 27.6 Å². The molecule has 0 spiro atoms. The summed E-state index contributed by atoms with van der Waals surface area (Å²) in [6, 6.07) is 1.82. The topological polar surface area (TPSA) is 51.5 Å². The van der Waals surface area contributed by atoms with E-state index < -0.39 is 10.8 Å². The van der Waals surface area contributed by atoms with Crippen LogP contribution in [0, 0.1) is 6.92 Å². The maximum atomic E-state index is 11.7. The Morgan fingerprint density at radius 3 is 3.00 bits per heavy atom. The van der Waals surface area contributed by atoms with Crippen LogP contribution in [-0.2, 0) is 15.6 Å². The predicted octanol–water partition coefficient (Wildman–Crippen LogP) is 1.50. The summed E-state index contributed by atoms with van der Waals surface area (Å²) in [5.41, 5.74) is 1.59. The summed E-state index contributed by atoms with van der Waals surface area (Å²) in [6.45, 7) is 3.73. The van der Waals surface area contributed by atoms with Crippen LogP contribution < -0.4 is 0 Å². The monoisotopic (exact) mass is 226 g/mol. The maximum Gasteiger partial charge on any atom is 0.106 e. The van der Waals surface area contributed by atoms with Crippen molar-refractivity contribution in [2.24, 2.45) is 5.16 Å². The lowest BCUT2D eigenvalue weighted by Gasteiger charge is -2.03. The summed E-state index contributed by atoms with van der Waals surface area (Å²) in [7, 11) is 0.493. The minimum absolute atomic E-state index is 0.591. The van der Waals surface area contributed by atoms with Gasteiger partial charge in [-0.2, -0.15) is 0 Å². The van der Waals surface area contributed by atoms with E-state index in [1.807, 2.05) is 19.9 Å². The number of nitrogens with zero attached hydrogens (tertiary/aromatic N) is 2. The number of pyridine rings is 1. The zero-order valence-electron chi connectivity index (χ0n) is 9.06. The summed E-state index contributed by atoms with van der Waals surface area (Å²) < 4.78 is 11.7. The summed E-state index contributed by atoms with van der Waals surface area (Å²) in [4.78, 5) is 9.49. The molecule has 4 nitrogen and oxygen atoms in total. The SMILES string of the molecule is CCS(=O)c1cc(/C=N/OC)cnc1C. The Hall–Kier alpha value is -1.23. The van der Waals surface area contributed by atoms with Crippen molar-refractivity contribution in [3.05, 3.63) is 23.5 Å². The Balaban J connectivity index is 3.05. The molecule has 0 aliphatic heterocycles. The van der Waals surface area contributed by atoms with Gasteiger partial charge in [0.15, 0.2) is 0 Å². The molecule has 1 heterocycles. The molecule has 0 amide bonds. The van der Waals surface area contributed by atoms with Crippen LogP contribution in [0.5, 0.6) is 0 Å². The average Bonchev–Trinajstić information content (AvgIpc) is 2.27. The average molecular weight is 226 g/mol. The van der Waals surface area contributed by atoms with E-state index in [0.29, 0.717) is 5.75 Å². The molecule has 5 heteroatoms. The van der Waals surface area contributed by atoms with Gasteiger partial charge in [-0.05, 0) is 13.0 Å². The van der Waals surface area contributed by atoms with E-state index in [4.69, 9.17) is 0 Å². The number of hydrogen-bond donors (Lipinski definition) is 0. The highest BCUT2D eigenvalue weighted by Crippen LogP contribution is 2.12. The first kappa shape index (κ1) is 11.8. The van der Waals surface area contributed by atoms with Crippen molar-refractivity contribution in [2.45, 2.75) is 18.7 Å². The first-order valence-corrected chi connectivity index (χ1v) is 5.92. The van der Waals surface area contributed by atoms with Gasteiger partial charge in [-0.1, -0.05) is 12.1 Å². The molecule has 0 aliphatic carbocycles. The normalized spacial score (nSPS) is 13.0. The van der Waals surface area contributed by atoms with E-state index in [-0.39, 0.29) is 0 Å². The van der Waals surface area contributed by atoms with Crippen LogP contribution >= 0.6 is 0 Å². The Morgan fingerprint density at radius 2 is 2.40 bits per heavy atom. The van der Waals surface area contributed by atoms with E-state index >= 15 is 0 Å². The van der Waals surface area contributed by atoms with E-state index in [2.05, 4.69) is 15.0 Å². The zero-order chi connectivity index (χ0) is 11.3. The van der Waals surface area contributed by atoms with Crippen molar-refractivity contribution < 1.29 is 9.05 Å². The summed E-state index contributed by atoms with van der Waals surface area (Å²) >= 11 is 0. The lowest BCUT2D eigenvalue weighted by Crippen LogP contribution is -2.00. The van der Waals surface area contributed by atoms with E-state index in [1.165, 1.54) is 7.11 Å². The van der Waals surface area contributed by atoms with E-state index in [9.17, 15) is 4.21 Å². The lowest BCUT2D eigenvalue weighted by molar-refractivity contribution is 0.215. The molecule has 0 fully saturated rings. The van der Waals surface area contributed by atoms with E-state index in [0.717, 1.165) is 16.2 Å². The van der Waals surface area contributed by atoms with Gasteiger partial charge >= 0.3 is 0 Å². The molecule has 0 bridgehead atoms. The fraction of sp³-hybridized carbons (Fsp3) is 0.400. The largest absolute Gasteiger partial charge is 0.399 e. The van der Waals surface area contributed by atoms with Gasteiger partial charge in [-0.3, -0.25) is 9.19 Å². The first-order chi connectivity index (χ1) is 7.19. The van der Waals surface area contributed by atoms with Crippen molar-refractivity contribution >= 4 is 17.0 Å². The number of rotatable bonds is 4. The van der Waals surface area contributed by atoms with Crippen molar-refractivity contribution in [1.29, 1.82) is 0 Å². The molecular weight excluding hydrogens is 212 g/mol. The summed E-state index contributed by atoms with van der Waals surface area (Å²) in [5, 5.41) is 3.63. The van der Waals surface area contributed by atoms with Gasteiger partial charge in [0, 0.05) is 17.5 Å². The Morgan fingerprint density at radius 1 is 1.67 bits per heavy atom. The van der Waals surface area contributed by atoms with Gasteiger partial charge in [0.25, 0.3) is 0 Å². The molecule has 0 radical (unpaired) electrons. The van der Waals surface area contributed by atoms with Crippen LogP contribution in [0.4, 0.5) is 0 Å². The molecule has 1 atom stereocenters. The quantitative estimate of drug-likeness (QED) is 0.577. The Bertz CT molecular complexity index is 391. The smallest absolute Gasteiger partial charge is 0.106 e. The van der Waals surface area contributed by atoms with Gasteiger partial charge < -0.3 is 4.84 Å². The molecule has 1 aromatic rings. The van der Waals surface area contributed by atoms with Crippen LogP contribution in [-0.4, -0.2) is 28.3 Å². The molecule has 15 heavy (non-hydrogen) atoms. The number of aryl methyl sites for hydroxylation is 1. The molecule has 0 aromatic carbocycles. The number of oxime groups is 1. The Labute approximate surface area is 91.8 Å². The lowest BCUT2D eigenvalue weighted by atomic mass is 10.3. The third-order valence-corrected chi connectivity index (χ3v) is 3.30. The van der Waals surface area contributed by atoms with Crippen LogP contribution in [0.25, 0.3) is 0 Å². The molecule has 0 N–H and O–H groups in total. The van der Waals surface area contributed by atoms with Crippen molar-refractivity contribution in [1.82, 2.24) is 4.98 Å². The molecule has 82 valence electrons. The van der Waals surface area contributed by atoms with Crippen molar-refractivity contribution in [3.8, 4) is 0 Å².